The molecule has 4 heteroatoms. The zero-order valence-electron chi connectivity index (χ0n) is 11.8. The fraction of sp³-hybridized carbons (Fsp3) is 0.533. The average Bonchev–Trinajstić information content (AvgIpc) is 3.04. The van der Waals surface area contributed by atoms with E-state index in [9.17, 15) is 0 Å². The first-order valence-electron chi connectivity index (χ1n) is 7.01. The van der Waals surface area contributed by atoms with Crippen molar-refractivity contribution in [2.24, 2.45) is 7.05 Å². The third kappa shape index (κ3) is 4.56. The molecule has 2 heterocycles. The Kier molecular flexibility index (Phi) is 5.21. The predicted molar refractivity (Wildman–Crippen MR) is 76.0 cm³/mol. The van der Waals surface area contributed by atoms with Crippen LogP contribution < -0.4 is 5.32 Å². The summed E-state index contributed by atoms with van der Waals surface area (Å²) in [6, 6.07) is 4.47. The van der Waals surface area contributed by atoms with Gasteiger partial charge in [0, 0.05) is 25.7 Å². The Morgan fingerprint density at radius 2 is 2.37 bits per heavy atom. The van der Waals surface area contributed by atoms with Crippen LogP contribution in [0.25, 0.3) is 0 Å². The SMILES string of the molecule is CCCNC(CCc1ccco1)Cc1cnn(C)c1. The molecule has 104 valence electrons. The highest BCUT2D eigenvalue weighted by atomic mass is 16.3. The quantitative estimate of drug-likeness (QED) is 0.794. The van der Waals surface area contributed by atoms with Gasteiger partial charge in [0.2, 0.25) is 0 Å². The van der Waals surface area contributed by atoms with E-state index in [1.807, 2.05) is 30.1 Å². The molecule has 0 radical (unpaired) electrons. The molecule has 0 aromatic carbocycles. The zero-order valence-corrected chi connectivity index (χ0v) is 11.8. The van der Waals surface area contributed by atoms with Gasteiger partial charge in [-0.25, -0.2) is 0 Å². The van der Waals surface area contributed by atoms with Crippen LogP contribution in [-0.4, -0.2) is 22.4 Å². The Labute approximate surface area is 114 Å². The van der Waals surface area contributed by atoms with E-state index < -0.39 is 0 Å². The van der Waals surface area contributed by atoms with Gasteiger partial charge < -0.3 is 9.73 Å². The second-order valence-corrected chi connectivity index (χ2v) is 5.00. The third-order valence-electron chi connectivity index (χ3n) is 3.24. The molecule has 0 bridgehead atoms. The number of aromatic nitrogens is 2. The highest BCUT2D eigenvalue weighted by molar-refractivity contribution is 5.06. The molecule has 0 amide bonds. The predicted octanol–water partition coefficient (Wildman–Crippen LogP) is 2.56. The summed E-state index contributed by atoms with van der Waals surface area (Å²) in [5.41, 5.74) is 1.29. The second kappa shape index (κ2) is 7.14. The molecule has 0 fully saturated rings. The highest BCUT2D eigenvalue weighted by Gasteiger charge is 2.11. The molecular formula is C15H23N3O. The van der Waals surface area contributed by atoms with Crippen LogP contribution in [0.15, 0.2) is 35.2 Å². The van der Waals surface area contributed by atoms with Gasteiger partial charge in [0.05, 0.1) is 12.5 Å². The number of hydrogen-bond acceptors (Lipinski definition) is 3. The molecule has 1 atom stereocenters. The molecule has 4 nitrogen and oxygen atoms in total. The minimum absolute atomic E-state index is 0.481. The minimum atomic E-state index is 0.481. The van der Waals surface area contributed by atoms with Crippen LogP contribution in [0.2, 0.25) is 0 Å². The van der Waals surface area contributed by atoms with Gasteiger partial charge in [0.15, 0.2) is 0 Å². The summed E-state index contributed by atoms with van der Waals surface area (Å²) in [7, 11) is 1.96. The number of nitrogens with zero attached hydrogens (tertiary/aromatic N) is 2. The molecule has 0 aliphatic heterocycles. The van der Waals surface area contributed by atoms with E-state index in [0.717, 1.165) is 38.0 Å². The molecule has 1 unspecified atom stereocenters. The van der Waals surface area contributed by atoms with E-state index in [4.69, 9.17) is 4.42 Å². The molecule has 0 saturated carbocycles. The fourth-order valence-corrected chi connectivity index (χ4v) is 2.26. The smallest absolute Gasteiger partial charge is 0.103 e. The van der Waals surface area contributed by atoms with Gasteiger partial charge in [-0.3, -0.25) is 4.68 Å². The number of rotatable bonds is 8. The molecule has 0 aliphatic rings. The maximum absolute atomic E-state index is 5.40. The lowest BCUT2D eigenvalue weighted by Gasteiger charge is -2.17. The number of hydrogen-bond donors (Lipinski definition) is 1. The van der Waals surface area contributed by atoms with Crippen molar-refractivity contribution in [3.8, 4) is 0 Å². The Balaban J connectivity index is 1.87. The Hall–Kier alpha value is -1.55. The average molecular weight is 261 g/mol. The molecule has 2 rings (SSSR count). The van der Waals surface area contributed by atoms with E-state index in [0.29, 0.717) is 6.04 Å². The lowest BCUT2D eigenvalue weighted by molar-refractivity contribution is 0.441. The normalized spacial score (nSPS) is 12.7. The lowest BCUT2D eigenvalue weighted by atomic mass is 10.0. The molecule has 2 aromatic rings. The number of aryl methyl sites for hydroxylation is 2. The van der Waals surface area contributed by atoms with E-state index in [1.165, 1.54) is 5.56 Å². The third-order valence-corrected chi connectivity index (χ3v) is 3.24. The van der Waals surface area contributed by atoms with Crippen molar-refractivity contribution in [3.05, 3.63) is 42.1 Å². The minimum Gasteiger partial charge on any atom is -0.469 e. The van der Waals surface area contributed by atoms with Gasteiger partial charge in [-0.2, -0.15) is 5.10 Å². The van der Waals surface area contributed by atoms with Crippen molar-refractivity contribution in [1.29, 1.82) is 0 Å². The first-order valence-corrected chi connectivity index (χ1v) is 7.01. The molecular weight excluding hydrogens is 238 g/mol. The summed E-state index contributed by atoms with van der Waals surface area (Å²) < 4.78 is 7.26. The summed E-state index contributed by atoms with van der Waals surface area (Å²) >= 11 is 0. The van der Waals surface area contributed by atoms with Crippen molar-refractivity contribution in [1.82, 2.24) is 15.1 Å². The van der Waals surface area contributed by atoms with Crippen LogP contribution in [-0.2, 0) is 19.9 Å². The van der Waals surface area contributed by atoms with E-state index in [1.54, 1.807) is 6.26 Å². The summed E-state index contributed by atoms with van der Waals surface area (Å²) in [5, 5.41) is 7.84. The topological polar surface area (TPSA) is 43.0 Å². The lowest BCUT2D eigenvalue weighted by Crippen LogP contribution is -2.32. The van der Waals surface area contributed by atoms with Crippen LogP contribution in [0.5, 0.6) is 0 Å². The van der Waals surface area contributed by atoms with E-state index in [-0.39, 0.29) is 0 Å². The summed E-state index contributed by atoms with van der Waals surface area (Å²) in [6.07, 6.45) is 10.0. The number of nitrogens with one attached hydrogen (secondary N) is 1. The second-order valence-electron chi connectivity index (χ2n) is 5.00. The standard InChI is InChI=1S/C15H23N3O/c1-3-8-16-14(6-7-15-5-4-9-19-15)10-13-11-17-18(2)12-13/h4-5,9,11-12,14,16H,3,6-8,10H2,1-2H3. The van der Waals surface area contributed by atoms with Crippen LogP contribution in [0.1, 0.15) is 31.1 Å². The summed E-state index contributed by atoms with van der Waals surface area (Å²) in [5.74, 6) is 1.06. The van der Waals surface area contributed by atoms with Gasteiger partial charge in [-0.05, 0) is 43.5 Å². The van der Waals surface area contributed by atoms with Gasteiger partial charge in [0.1, 0.15) is 5.76 Å². The largest absolute Gasteiger partial charge is 0.469 e. The van der Waals surface area contributed by atoms with E-state index in [2.05, 4.69) is 23.5 Å². The van der Waals surface area contributed by atoms with Crippen molar-refractivity contribution < 1.29 is 4.42 Å². The number of furan rings is 1. The van der Waals surface area contributed by atoms with Crippen LogP contribution in [0.3, 0.4) is 0 Å². The van der Waals surface area contributed by atoms with Crippen LogP contribution in [0.4, 0.5) is 0 Å². The van der Waals surface area contributed by atoms with Crippen molar-refractivity contribution in [2.45, 2.75) is 38.6 Å². The van der Waals surface area contributed by atoms with Gasteiger partial charge in [-0.15, -0.1) is 0 Å². The maximum atomic E-state index is 5.40. The van der Waals surface area contributed by atoms with Gasteiger partial charge in [-0.1, -0.05) is 6.92 Å². The zero-order chi connectivity index (χ0) is 13.5. The molecule has 19 heavy (non-hydrogen) atoms. The van der Waals surface area contributed by atoms with Crippen molar-refractivity contribution in [2.75, 3.05) is 6.54 Å². The van der Waals surface area contributed by atoms with Crippen LogP contribution in [0, 0.1) is 0 Å². The van der Waals surface area contributed by atoms with Crippen LogP contribution >= 0.6 is 0 Å². The first-order chi connectivity index (χ1) is 9.28. The van der Waals surface area contributed by atoms with Gasteiger partial charge >= 0.3 is 0 Å². The monoisotopic (exact) mass is 261 g/mol. The Bertz CT molecular complexity index is 461. The molecule has 0 aliphatic carbocycles. The molecule has 2 aromatic heterocycles. The summed E-state index contributed by atoms with van der Waals surface area (Å²) in [4.78, 5) is 0. The molecule has 0 saturated heterocycles. The maximum Gasteiger partial charge on any atom is 0.103 e. The first kappa shape index (κ1) is 13.9. The Morgan fingerprint density at radius 1 is 1.47 bits per heavy atom. The summed E-state index contributed by atoms with van der Waals surface area (Å²) in [6.45, 7) is 3.25. The van der Waals surface area contributed by atoms with Gasteiger partial charge in [0.25, 0.3) is 0 Å². The van der Waals surface area contributed by atoms with E-state index >= 15 is 0 Å². The Morgan fingerprint density at radius 3 is 3.00 bits per heavy atom. The van der Waals surface area contributed by atoms with Crippen molar-refractivity contribution in [3.63, 3.8) is 0 Å². The molecule has 1 N–H and O–H groups in total. The highest BCUT2D eigenvalue weighted by Crippen LogP contribution is 2.10. The fourth-order valence-electron chi connectivity index (χ4n) is 2.26. The molecule has 0 spiro atoms. The van der Waals surface area contributed by atoms with Crippen molar-refractivity contribution >= 4 is 0 Å².